The SMILES string of the molecule is O=Cc1cc(F)ccc1Oc1cc(F)ccc1Br. The topological polar surface area (TPSA) is 26.3 Å². The fourth-order valence-corrected chi connectivity index (χ4v) is 1.71. The van der Waals surface area contributed by atoms with Gasteiger partial charge in [-0.2, -0.15) is 0 Å². The molecule has 5 heteroatoms. The minimum absolute atomic E-state index is 0.0613. The van der Waals surface area contributed by atoms with Crippen molar-refractivity contribution in [3.63, 3.8) is 0 Å². The van der Waals surface area contributed by atoms with Crippen LogP contribution in [0.2, 0.25) is 0 Å². The predicted octanol–water partition coefficient (Wildman–Crippen LogP) is 4.33. The summed E-state index contributed by atoms with van der Waals surface area (Å²) in [5.41, 5.74) is 0.0613. The van der Waals surface area contributed by atoms with Crippen LogP contribution in [-0.4, -0.2) is 6.29 Å². The van der Waals surface area contributed by atoms with Crippen LogP contribution in [0.25, 0.3) is 0 Å². The number of rotatable bonds is 3. The second kappa shape index (κ2) is 5.27. The molecule has 0 radical (unpaired) electrons. The summed E-state index contributed by atoms with van der Waals surface area (Å²) < 4.78 is 31.9. The van der Waals surface area contributed by atoms with Crippen LogP contribution in [0, 0.1) is 11.6 Å². The first-order chi connectivity index (χ1) is 8.60. The van der Waals surface area contributed by atoms with Gasteiger partial charge >= 0.3 is 0 Å². The van der Waals surface area contributed by atoms with Crippen molar-refractivity contribution in [3.05, 3.63) is 58.1 Å². The number of halogens is 3. The van der Waals surface area contributed by atoms with Crippen LogP contribution >= 0.6 is 15.9 Å². The van der Waals surface area contributed by atoms with Gasteiger partial charge in [0, 0.05) is 6.07 Å². The molecule has 0 unspecified atom stereocenters. The average Bonchev–Trinajstić information content (AvgIpc) is 2.36. The maximum atomic E-state index is 13.1. The van der Waals surface area contributed by atoms with Gasteiger partial charge in [-0.3, -0.25) is 4.79 Å². The third-order valence-electron chi connectivity index (χ3n) is 2.21. The molecule has 0 atom stereocenters. The standard InChI is InChI=1S/C13H7BrF2O2/c14-11-3-1-10(16)6-13(11)18-12-4-2-9(15)5-8(12)7-17/h1-7H. The highest BCUT2D eigenvalue weighted by Crippen LogP contribution is 2.31. The van der Waals surface area contributed by atoms with Crippen LogP contribution in [0.4, 0.5) is 8.78 Å². The van der Waals surface area contributed by atoms with Gasteiger partial charge < -0.3 is 4.74 Å². The summed E-state index contributed by atoms with van der Waals surface area (Å²) in [4.78, 5) is 10.8. The van der Waals surface area contributed by atoms with Crippen molar-refractivity contribution >= 4 is 22.2 Å². The molecular weight excluding hydrogens is 306 g/mol. The van der Waals surface area contributed by atoms with E-state index in [1.54, 1.807) is 0 Å². The van der Waals surface area contributed by atoms with E-state index in [2.05, 4.69) is 15.9 Å². The highest BCUT2D eigenvalue weighted by Gasteiger charge is 2.09. The molecule has 2 rings (SSSR count). The molecule has 18 heavy (non-hydrogen) atoms. The molecule has 0 heterocycles. The molecule has 0 N–H and O–H groups in total. The molecule has 0 bridgehead atoms. The minimum atomic E-state index is -0.539. The molecule has 0 spiro atoms. The van der Waals surface area contributed by atoms with Crippen molar-refractivity contribution in [3.8, 4) is 11.5 Å². The Labute approximate surface area is 110 Å². The number of carbonyl (C=O) groups is 1. The van der Waals surface area contributed by atoms with E-state index in [-0.39, 0.29) is 17.1 Å². The van der Waals surface area contributed by atoms with E-state index in [9.17, 15) is 13.6 Å². The van der Waals surface area contributed by atoms with Crippen molar-refractivity contribution in [1.82, 2.24) is 0 Å². The number of aldehydes is 1. The van der Waals surface area contributed by atoms with Crippen molar-refractivity contribution in [2.24, 2.45) is 0 Å². The highest BCUT2D eigenvalue weighted by molar-refractivity contribution is 9.10. The zero-order valence-electron chi connectivity index (χ0n) is 8.99. The molecule has 2 nitrogen and oxygen atoms in total. The van der Waals surface area contributed by atoms with E-state index >= 15 is 0 Å². The van der Waals surface area contributed by atoms with E-state index in [1.165, 1.54) is 24.3 Å². The molecule has 0 aliphatic heterocycles. The number of ether oxygens (including phenoxy) is 1. The first-order valence-corrected chi connectivity index (χ1v) is 5.77. The van der Waals surface area contributed by atoms with E-state index in [0.29, 0.717) is 10.8 Å². The monoisotopic (exact) mass is 312 g/mol. The summed E-state index contributed by atoms with van der Waals surface area (Å²) in [5.74, 6) is -0.631. The van der Waals surface area contributed by atoms with E-state index < -0.39 is 11.6 Å². The lowest BCUT2D eigenvalue weighted by Gasteiger charge is -2.09. The largest absolute Gasteiger partial charge is 0.455 e. The van der Waals surface area contributed by atoms with Gasteiger partial charge in [-0.1, -0.05) is 0 Å². The molecule has 0 saturated heterocycles. The molecule has 0 fully saturated rings. The van der Waals surface area contributed by atoms with Crippen molar-refractivity contribution in [2.45, 2.75) is 0 Å². The minimum Gasteiger partial charge on any atom is -0.455 e. The van der Waals surface area contributed by atoms with Gasteiger partial charge in [-0.15, -0.1) is 0 Å². The molecule has 2 aromatic rings. The lowest BCUT2D eigenvalue weighted by Crippen LogP contribution is -1.93. The summed E-state index contributed by atoms with van der Waals surface area (Å²) >= 11 is 3.19. The third kappa shape index (κ3) is 2.73. The summed E-state index contributed by atoms with van der Waals surface area (Å²) in [5, 5.41) is 0. The maximum Gasteiger partial charge on any atom is 0.153 e. The summed E-state index contributed by atoms with van der Waals surface area (Å²) in [7, 11) is 0. The van der Waals surface area contributed by atoms with Crippen LogP contribution in [-0.2, 0) is 0 Å². The zero-order valence-corrected chi connectivity index (χ0v) is 10.6. The third-order valence-corrected chi connectivity index (χ3v) is 2.87. The Balaban J connectivity index is 2.39. The van der Waals surface area contributed by atoms with Gasteiger partial charge in [0.1, 0.15) is 23.1 Å². The summed E-state index contributed by atoms with van der Waals surface area (Å²) in [6, 6.07) is 7.44. The van der Waals surface area contributed by atoms with Gasteiger partial charge in [-0.05, 0) is 46.3 Å². The van der Waals surface area contributed by atoms with Gasteiger partial charge in [0.15, 0.2) is 6.29 Å². The summed E-state index contributed by atoms with van der Waals surface area (Å²) in [6.45, 7) is 0. The van der Waals surface area contributed by atoms with Gasteiger partial charge in [0.25, 0.3) is 0 Å². The Hall–Kier alpha value is -1.75. The first kappa shape index (κ1) is 12.7. The average molecular weight is 313 g/mol. The van der Waals surface area contributed by atoms with Crippen LogP contribution < -0.4 is 4.74 Å². The van der Waals surface area contributed by atoms with Crippen molar-refractivity contribution in [2.75, 3.05) is 0 Å². The van der Waals surface area contributed by atoms with E-state index in [1.807, 2.05) is 0 Å². The lowest BCUT2D eigenvalue weighted by molar-refractivity contribution is 0.112. The lowest BCUT2D eigenvalue weighted by atomic mass is 10.2. The molecule has 0 saturated carbocycles. The van der Waals surface area contributed by atoms with E-state index in [4.69, 9.17) is 4.74 Å². The van der Waals surface area contributed by atoms with E-state index in [0.717, 1.165) is 12.1 Å². The predicted molar refractivity (Wildman–Crippen MR) is 66.0 cm³/mol. The van der Waals surface area contributed by atoms with Crippen LogP contribution in [0.3, 0.4) is 0 Å². The zero-order chi connectivity index (χ0) is 13.1. The molecule has 0 aliphatic rings. The Morgan fingerprint density at radius 2 is 1.67 bits per heavy atom. The Kier molecular flexibility index (Phi) is 3.72. The van der Waals surface area contributed by atoms with Gasteiger partial charge in [-0.25, -0.2) is 8.78 Å². The number of hydrogen-bond acceptors (Lipinski definition) is 2. The quantitative estimate of drug-likeness (QED) is 0.788. The van der Waals surface area contributed by atoms with Gasteiger partial charge in [0.2, 0.25) is 0 Å². The Morgan fingerprint density at radius 3 is 2.39 bits per heavy atom. The van der Waals surface area contributed by atoms with Gasteiger partial charge in [0.05, 0.1) is 10.0 Å². The fraction of sp³-hybridized carbons (Fsp3) is 0. The Morgan fingerprint density at radius 1 is 1.00 bits per heavy atom. The number of carbonyl (C=O) groups excluding carboxylic acids is 1. The second-order valence-electron chi connectivity index (χ2n) is 3.48. The van der Waals surface area contributed by atoms with Crippen LogP contribution in [0.1, 0.15) is 10.4 Å². The molecule has 0 aromatic heterocycles. The molecule has 92 valence electrons. The normalized spacial score (nSPS) is 10.2. The molecule has 0 amide bonds. The maximum absolute atomic E-state index is 13.1. The smallest absolute Gasteiger partial charge is 0.153 e. The number of benzene rings is 2. The Bertz CT molecular complexity index is 600. The number of hydrogen-bond donors (Lipinski definition) is 0. The summed E-state index contributed by atoms with van der Waals surface area (Å²) in [6.07, 6.45) is 0.478. The molecule has 0 aliphatic carbocycles. The first-order valence-electron chi connectivity index (χ1n) is 4.98. The second-order valence-corrected chi connectivity index (χ2v) is 4.33. The fourth-order valence-electron chi connectivity index (χ4n) is 1.38. The van der Waals surface area contributed by atoms with Crippen LogP contribution in [0.15, 0.2) is 40.9 Å². The highest BCUT2D eigenvalue weighted by atomic mass is 79.9. The molecular formula is C13H7BrF2O2. The van der Waals surface area contributed by atoms with Crippen molar-refractivity contribution < 1.29 is 18.3 Å². The molecule has 2 aromatic carbocycles. The van der Waals surface area contributed by atoms with Crippen LogP contribution in [0.5, 0.6) is 11.5 Å². The van der Waals surface area contributed by atoms with Crippen molar-refractivity contribution in [1.29, 1.82) is 0 Å².